The number of aromatic nitrogens is 1. The van der Waals surface area contributed by atoms with Crippen LogP contribution in [0.25, 0.3) is 22.4 Å². The van der Waals surface area contributed by atoms with Crippen molar-refractivity contribution in [3.63, 3.8) is 0 Å². The summed E-state index contributed by atoms with van der Waals surface area (Å²) in [4.78, 5) is 16.8. The largest absolute Gasteiger partial charge is 0.492 e. The van der Waals surface area contributed by atoms with Crippen LogP contribution in [0.15, 0.2) is 78.2 Å². The van der Waals surface area contributed by atoms with Crippen LogP contribution in [0.3, 0.4) is 0 Å². The van der Waals surface area contributed by atoms with Crippen molar-refractivity contribution in [3.8, 4) is 28.1 Å². The van der Waals surface area contributed by atoms with Gasteiger partial charge in [-0.25, -0.2) is 4.98 Å². The topological polar surface area (TPSA) is 51.2 Å². The first-order valence-corrected chi connectivity index (χ1v) is 11.7. The Bertz CT molecular complexity index is 1190. The van der Waals surface area contributed by atoms with E-state index in [0.717, 1.165) is 16.8 Å². The lowest BCUT2D eigenvalue weighted by molar-refractivity contribution is -0.116. The first-order chi connectivity index (χ1) is 15.6. The van der Waals surface area contributed by atoms with Gasteiger partial charge >= 0.3 is 0 Å². The van der Waals surface area contributed by atoms with E-state index in [2.05, 4.69) is 34.6 Å². The molecule has 0 atom stereocenters. The molecular formula is C25H20Cl2N2O2S. The van der Waals surface area contributed by atoms with E-state index in [4.69, 9.17) is 27.9 Å². The van der Waals surface area contributed by atoms with E-state index in [1.165, 1.54) is 16.9 Å². The fourth-order valence-electron chi connectivity index (χ4n) is 3.12. The summed E-state index contributed by atoms with van der Waals surface area (Å²) in [6, 6.07) is 23.5. The van der Waals surface area contributed by atoms with Crippen LogP contribution in [-0.4, -0.2) is 17.5 Å². The lowest BCUT2D eigenvalue weighted by Crippen LogP contribution is -2.12. The Hall–Kier alpha value is -2.86. The second-order valence-corrected chi connectivity index (χ2v) is 8.76. The molecule has 0 radical (unpaired) electrons. The van der Waals surface area contributed by atoms with E-state index in [1.807, 2.05) is 35.7 Å². The normalized spacial score (nSPS) is 10.7. The van der Waals surface area contributed by atoms with Crippen LogP contribution in [-0.2, 0) is 4.79 Å². The smallest absolute Gasteiger partial charge is 0.226 e. The fourth-order valence-corrected chi connectivity index (χ4v) is 4.32. The van der Waals surface area contributed by atoms with Gasteiger partial charge in [-0.2, -0.15) is 0 Å². The van der Waals surface area contributed by atoms with Crippen LogP contribution in [0.5, 0.6) is 5.75 Å². The molecule has 0 aliphatic carbocycles. The van der Waals surface area contributed by atoms with Gasteiger partial charge in [-0.3, -0.25) is 4.79 Å². The number of rotatable bonds is 8. The van der Waals surface area contributed by atoms with Crippen molar-refractivity contribution in [2.24, 2.45) is 0 Å². The number of nitrogens with one attached hydrogen (secondary N) is 1. The summed E-state index contributed by atoms with van der Waals surface area (Å²) in [6.45, 7) is 0.381. The van der Waals surface area contributed by atoms with Gasteiger partial charge in [0.2, 0.25) is 5.91 Å². The summed E-state index contributed by atoms with van der Waals surface area (Å²) in [6.07, 6.45) is 0.885. The summed E-state index contributed by atoms with van der Waals surface area (Å²) in [5.74, 6) is 0.454. The maximum absolute atomic E-state index is 12.2. The van der Waals surface area contributed by atoms with Crippen molar-refractivity contribution in [1.29, 1.82) is 0 Å². The Morgan fingerprint density at radius 3 is 2.41 bits per heavy atom. The number of anilines is 1. The maximum atomic E-state index is 12.2. The van der Waals surface area contributed by atoms with E-state index >= 15 is 0 Å². The van der Waals surface area contributed by atoms with Gasteiger partial charge in [-0.05, 0) is 35.7 Å². The third kappa shape index (κ3) is 5.88. The molecule has 162 valence electrons. The van der Waals surface area contributed by atoms with Gasteiger partial charge in [-0.1, -0.05) is 77.8 Å². The molecule has 1 amide bonds. The number of benzene rings is 3. The van der Waals surface area contributed by atoms with Crippen LogP contribution >= 0.6 is 34.5 Å². The highest BCUT2D eigenvalue weighted by atomic mass is 35.5. The van der Waals surface area contributed by atoms with Crippen molar-refractivity contribution >= 4 is 45.6 Å². The highest BCUT2D eigenvalue weighted by Crippen LogP contribution is 2.29. The number of hydrogen-bond donors (Lipinski definition) is 1. The molecule has 1 N–H and O–H groups in total. The highest BCUT2D eigenvalue weighted by molar-refractivity contribution is 7.14. The highest BCUT2D eigenvalue weighted by Gasteiger charge is 2.09. The number of hydrogen-bond acceptors (Lipinski definition) is 4. The van der Waals surface area contributed by atoms with Gasteiger partial charge in [-0.15, -0.1) is 11.3 Å². The van der Waals surface area contributed by atoms with Crippen LogP contribution in [0.2, 0.25) is 10.0 Å². The number of halogens is 2. The zero-order valence-corrected chi connectivity index (χ0v) is 19.4. The molecule has 32 heavy (non-hydrogen) atoms. The molecule has 4 aromatic rings. The summed E-state index contributed by atoms with van der Waals surface area (Å²) >= 11 is 13.4. The lowest BCUT2D eigenvalue weighted by atomic mass is 10.0. The molecular weight excluding hydrogens is 463 g/mol. The Labute approximate surface area is 200 Å². The molecule has 0 fully saturated rings. The van der Waals surface area contributed by atoms with Crippen LogP contribution in [0.4, 0.5) is 5.13 Å². The van der Waals surface area contributed by atoms with E-state index < -0.39 is 0 Å². The van der Waals surface area contributed by atoms with Gasteiger partial charge in [0, 0.05) is 22.4 Å². The first kappa shape index (κ1) is 22.3. The third-order valence-electron chi connectivity index (χ3n) is 4.74. The summed E-state index contributed by atoms with van der Waals surface area (Å²) in [7, 11) is 0. The van der Waals surface area contributed by atoms with E-state index in [0.29, 0.717) is 40.4 Å². The van der Waals surface area contributed by atoms with Crippen LogP contribution in [0, 0.1) is 0 Å². The predicted molar refractivity (Wildman–Crippen MR) is 133 cm³/mol. The van der Waals surface area contributed by atoms with Gasteiger partial charge in [0.1, 0.15) is 5.75 Å². The first-order valence-electron chi connectivity index (χ1n) is 10.1. The molecule has 1 aromatic heterocycles. The van der Waals surface area contributed by atoms with Crippen molar-refractivity contribution in [2.75, 3.05) is 11.9 Å². The molecule has 0 saturated carbocycles. The number of amides is 1. The van der Waals surface area contributed by atoms with Crippen molar-refractivity contribution in [1.82, 2.24) is 4.98 Å². The monoisotopic (exact) mass is 482 g/mol. The van der Waals surface area contributed by atoms with Gasteiger partial charge < -0.3 is 10.1 Å². The Morgan fingerprint density at radius 1 is 0.938 bits per heavy atom. The predicted octanol–water partition coefficient (Wildman–Crippen LogP) is 7.58. The van der Waals surface area contributed by atoms with E-state index in [-0.39, 0.29) is 5.91 Å². The molecule has 0 bridgehead atoms. The van der Waals surface area contributed by atoms with Gasteiger partial charge in [0.15, 0.2) is 5.13 Å². The second kappa shape index (κ2) is 10.6. The molecule has 0 aliphatic rings. The SMILES string of the molecule is O=C(CCCOc1ccc(Cl)cc1Cl)Nc1nc(-c2ccc(-c3ccccc3)cc2)cs1. The van der Waals surface area contributed by atoms with E-state index in [9.17, 15) is 4.79 Å². The molecule has 0 unspecified atom stereocenters. The second-order valence-electron chi connectivity index (χ2n) is 7.06. The molecule has 1 heterocycles. The number of ether oxygens (including phenoxy) is 1. The average molecular weight is 483 g/mol. The van der Waals surface area contributed by atoms with Crippen molar-refractivity contribution in [2.45, 2.75) is 12.8 Å². The molecule has 4 nitrogen and oxygen atoms in total. The number of carbonyl (C=O) groups excluding carboxylic acids is 1. The Morgan fingerprint density at radius 2 is 1.66 bits per heavy atom. The number of thiazole rings is 1. The minimum atomic E-state index is -0.101. The van der Waals surface area contributed by atoms with Crippen molar-refractivity contribution in [3.05, 3.63) is 88.2 Å². The Balaban J connectivity index is 1.27. The van der Waals surface area contributed by atoms with E-state index in [1.54, 1.807) is 18.2 Å². The molecule has 0 spiro atoms. The van der Waals surface area contributed by atoms with Crippen molar-refractivity contribution < 1.29 is 9.53 Å². The molecule has 0 aliphatic heterocycles. The minimum Gasteiger partial charge on any atom is -0.492 e. The van der Waals surface area contributed by atoms with Gasteiger partial charge in [0.25, 0.3) is 0 Å². The molecule has 0 saturated heterocycles. The quantitative estimate of drug-likeness (QED) is 0.263. The van der Waals surface area contributed by atoms with Crippen LogP contribution in [0.1, 0.15) is 12.8 Å². The summed E-state index contributed by atoms with van der Waals surface area (Å²) < 4.78 is 5.61. The maximum Gasteiger partial charge on any atom is 0.226 e. The standard InChI is InChI=1S/C25H20Cl2N2O2S/c26-20-12-13-23(21(27)15-20)31-14-4-7-24(30)29-25-28-22(16-32-25)19-10-8-18(9-11-19)17-5-2-1-3-6-17/h1-3,5-6,8-13,15-16H,4,7,14H2,(H,28,29,30). The van der Waals surface area contributed by atoms with Gasteiger partial charge in [0.05, 0.1) is 17.3 Å². The fraction of sp³-hybridized carbons (Fsp3) is 0.120. The minimum absolute atomic E-state index is 0.101. The third-order valence-corrected chi connectivity index (χ3v) is 6.03. The number of carbonyl (C=O) groups is 1. The Kier molecular flexibility index (Phi) is 7.43. The zero-order valence-electron chi connectivity index (χ0n) is 17.1. The molecule has 4 rings (SSSR count). The molecule has 3 aromatic carbocycles. The average Bonchev–Trinajstić information content (AvgIpc) is 3.27. The summed E-state index contributed by atoms with van der Waals surface area (Å²) in [5.41, 5.74) is 4.17. The zero-order chi connectivity index (χ0) is 22.3. The van der Waals surface area contributed by atoms with Crippen LogP contribution < -0.4 is 10.1 Å². The number of nitrogens with zero attached hydrogens (tertiary/aromatic N) is 1. The lowest BCUT2D eigenvalue weighted by Gasteiger charge is -2.08. The molecule has 7 heteroatoms. The summed E-state index contributed by atoms with van der Waals surface area (Å²) in [5, 5.41) is 6.39.